The summed E-state index contributed by atoms with van der Waals surface area (Å²) in [5, 5.41) is 3.61. The van der Waals surface area contributed by atoms with E-state index < -0.39 is 0 Å². The highest BCUT2D eigenvalue weighted by Crippen LogP contribution is 2.67. The van der Waals surface area contributed by atoms with Gasteiger partial charge in [0, 0.05) is 35.9 Å². The maximum absolute atomic E-state index is 12.7. The van der Waals surface area contributed by atoms with E-state index >= 15 is 0 Å². The third kappa shape index (κ3) is 1.55. The second kappa shape index (κ2) is 4.76. The number of nitrogens with one attached hydrogen (secondary N) is 1. The van der Waals surface area contributed by atoms with Gasteiger partial charge in [0.2, 0.25) is 0 Å². The minimum atomic E-state index is -0.195. The predicted molar refractivity (Wildman–Crippen MR) is 97.2 cm³/mol. The molecule has 1 spiro atoms. The molecule has 1 aliphatic carbocycles. The van der Waals surface area contributed by atoms with Crippen molar-refractivity contribution >= 4 is 11.7 Å². The van der Waals surface area contributed by atoms with Crippen molar-refractivity contribution < 1.29 is 9.53 Å². The fourth-order valence-electron chi connectivity index (χ4n) is 6.23. The maximum Gasteiger partial charge on any atom is 0.335 e. The number of hydrogen-bond donors (Lipinski definition) is 1. The van der Waals surface area contributed by atoms with Crippen LogP contribution in [-0.2, 0) is 14.9 Å². The number of para-hydroxylation sites is 1. The minimum Gasteiger partial charge on any atom is -0.466 e. The van der Waals surface area contributed by atoms with Crippen LogP contribution in [0.25, 0.3) is 0 Å². The van der Waals surface area contributed by atoms with Gasteiger partial charge in [-0.3, -0.25) is 4.90 Å². The summed E-state index contributed by atoms with van der Waals surface area (Å²) >= 11 is 0. The van der Waals surface area contributed by atoms with E-state index in [0.29, 0.717) is 6.04 Å². The number of methoxy groups -OCH3 is 1. The Hall–Kier alpha value is -2.07. The highest BCUT2D eigenvalue weighted by molar-refractivity contribution is 5.93. The summed E-state index contributed by atoms with van der Waals surface area (Å²) in [7, 11) is 1.49. The quantitative estimate of drug-likeness (QED) is 0.665. The number of ether oxygens (including phenoxy) is 1. The standard InChI is InChI=1S/C21H24N2O2/c1-4-20-11-14(18(24)25-3)17-21(15-7-5-6-8-16(15)22-17)9-10-23(19(20)21)12-13(20)2/h5-8,19,22H,2,4,9-12H2,1,3H3/t19-,20+,21-/m0/s1. The molecule has 0 radical (unpaired) electrons. The zero-order valence-corrected chi connectivity index (χ0v) is 14.9. The number of benzene rings is 1. The summed E-state index contributed by atoms with van der Waals surface area (Å²) in [6.45, 7) is 8.70. The molecule has 2 fully saturated rings. The fraction of sp³-hybridized carbons (Fsp3) is 0.476. The van der Waals surface area contributed by atoms with Gasteiger partial charge in [-0.25, -0.2) is 4.79 Å². The van der Waals surface area contributed by atoms with E-state index in [1.807, 2.05) is 0 Å². The summed E-state index contributed by atoms with van der Waals surface area (Å²) in [4.78, 5) is 15.3. The molecule has 25 heavy (non-hydrogen) atoms. The lowest BCUT2D eigenvalue weighted by atomic mass is 9.55. The van der Waals surface area contributed by atoms with Crippen LogP contribution < -0.4 is 5.32 Å². The van der Waals surface area contributed by atoms with E-state index in [2.05, 4.69) is 48.0 Å². The Balaban J connectivity index is 1.84. The summed E-state index contributed by atoms with van der Waals surface area (Å²) < 4.78 is 5.19. The highest BCUT2D eigenvalue weighted by atomic mass is 16.5. The number of nitrogens with zero attached hydrogens (tertiary/aromatic N) is 1. The first-order chi connectivity index (χ1) is 12.1. The summed E-state index contributed by atoms with van der Waals surface area (Å²) in [5.74, 6) is -0.195. The molecule has 1 aromatic carbocycles. The van der Waals surface area contributed by atoms with Gasteiger partial charge >= 0.3 is 5.97 Å². The Kier molecular flexibility index (Phi) is 2.89. The van der Waals surface area contributed by atoms with Crippen molar-refractivity contribution in [2.45, 2.75) is 37.6 Å². The van der Waals surface area contributed by atoms with Crippen molar-refractivity contribution in [3.8, 4) is 0 Å². The molecule has 2 saturated heterocycles. The van der Waals surface area contributed by atoms with Crippen molar-refractivity contribution in [2.75, 3.05) is 25.5 Å². The molecule has 3 heterocycles. The molecule has 3 aliphatic heterocycles. The Morgan fingerprint density at radius 3 is 3.00 bits per heavy atom. The van der Waals surface area contributed by atoms with Gasteiger partial charge in [-0.05, 0) is 30.9 Å². The van der Waals surface area contributed by atoms with Crippen LogP contribution in [0.2, 0.25) is 0 Å². The van der Waals surface area contributed by atoms with Gasteiger partial charge in [-0.15, -0.1) is 0 Å². The zero-order valence-electron chi connectivity index (χ0n) is 14.9. The van der Waals surface area contributed by atoms with Crippen molar-refractivity contribution in [2.24, 2.45) is 5.41 Å². The average molecular weight is 336 g/mol. The fourth-order valence-corrected chi connectivity index (χ4v) is 6.23. The topological polar surface area (TPSA) is 41.6 Å². The molecule has 1 N–H and O–H groups in total. The van der Waals surface area contributed by atoms with E-state index in [1.54, 1.807) is 0 Å². The Labute approximate surface area is 148 Å². The summed E-state index contributed by atoms with van der Waals surface area (Å²) in [6.07, 6.45) is 2.78. The lowest BCUT2D eigenvalue weighted by molar-refractivity contribution is -0.137. The number of anilines is 1. The maximum atomic E-state index is 12.7. The van der Waals surface area contributed by atoms with Crippen LogP contribution in [0.15, 0.2) is 47.7 Å². The second-order valence-corrected chi connectivity index (χ2v) is 7.90. The Bertz CT molecular complexity index is 842. The van der Waals surface area contributed by atoms with Crippen molar-refractivity contribution in [1.29, 1.82) is 0 Å². The molecule has 0 bridgehead atoms. The van der Waals surface area contributed by atoms with Gasteiger partial charge in [0.05, 0.1) is 18.1 Å². The van der Waals surface area contributed by atoms with Gasteiger partial charge in [-0.2, -0.15) is 0 Å². The third-order valence-electron chi connectivity index (χ3n) is 7.22. The molecule has 130 valence electrons. The average Bonchev–Trinajstić information content (AvgIpc) is 3.26. The summed E-state index contributed by atoms with van der Waals surface area (Å²) in [6, 6.07) is 8.93. The van der Waals surface area contributed by atoms with Crippen LogP contribution in [0.3, 0.4) is 0 Å². The van der Waals surface area contributed by atoms with Crippen LogP contribution >= 0.6 is 0 Å². The van der Waals surface area contributed by atoms with E-state index in [9.17, 15) is 4.79 Å². The van der Waals surface area contributed by atoms with Crippen molar-refractivity contribution in [3.63, 3.8) is 0 Å². The largest absolute Gasteiger partial charge is 0.466 e. The van der Waals surface area contributed by atoms with Gasteiger partial charge in [-0.1, -0.05) is 37.3 Å². The number of esters is 1. The molecule has 4 aliphatic rings. The molecule has 0 amide bonds. The monoisotopic (exact) mass is 336 g/mol. The highest BCUT2D eigenvalue weighted by Gasteiger charge is 2.68. The predicted octanol–water partition coefficient (Wildman–Crippen LogP) is 3.22. The first-order valence-corrected chi connectivity index (χ1v) is 9.19. The lowest BCUT2D eigenvalue weighted by Crippen LogP contribution is -2.53. The molecule has 0 unspecified atom stereocenters. The van der Waals surface area contributed by atoms with Crippen LogP contribution in [0.5, 0.6) is 0 Å². The number of fused-ring (bicyclic) bond motifs is 1. The Morgan fingerprint density at radius 1 is 1.44 bits per heavy atom. The number of hydrogen-bond acceptors (Lipinski definition) is 4. The number of carbonyl (C=O) groups excluding carboxylic acids is 1. The molecular weight excluding hydrogens is 312 g/mol. The molecular formula is C21H24N2O2. The molecule has 5 rings (SSSR count). The normalized spacial score (nSPS) is 35.3. The van der Waals surface area contributed by atoms with Gasteiger partial charge in [0.1, 0.15) is 0 Å². The minimum absolute atomic E-state index is 0.0390. The third-order valence-corrected chi connectivity index (χ3v) is 7.22. The molecule has 3 atom stereocenters. The lowest BCUT2D eigenvalue weighted by Gasteiger charge is -2.49. The molecule has 1 aromatic rings. The van der Waals surface area contributed by atoms with Crippen molar-refractivity contribution in [3.05, 3.63) is 53.3 Å². The van der Waals surface area contributed by atoms with Crippen molar-refractivity contribution in [1.82, 2.24) is 4.90 Å². The first kappa shape index (κ1) is 15.2. The van der Waals surface area contributed by atoms with Crippen LogP contribution in [0, 0.1) is 5.41 Å². The Morgan fingerprint density at radius 2 is 2.24 bits per heavy atom. The molecule has 4 nitrogen and oxygen atoms in total. The van der Waals surface area contributed by atoms with Crippen LogP contribution in [-0.4, -0.2) is 37.1 Å². The zero-order chi connectivity index (χ0) is 17.4. The van der Waals surface area contributed by atoms with Crippen LogP contribution in [0.1, 0.15) is 31.7 Å². The van der Waals surface area contributed by atoms with E-state index in [0.717, 1.165) is 49.3 Å². The number of rotatable bonds is 2. The summed E-state index contributed by atoms with van der Waals surface area (Å²) in [5.41, 5.74) is 5.50. The number of carbonyl (C=O) groups is 1. The SMILES string of the molecule is C=C1CN2CC[C@]34C(=C(C(=O)OC)C[C@@]1(CC)[C@H]23)Nc1ccccc14. The molecule has 0 aromatic heterocycles. The van der Waals surface area contributed by atoms with E-state index in [1.165, 1.54) is 18.2 Å². The molecule has 0 saturated carbocycles. The molecule has 4 heteroatoms. The van der Waals surface area contributed by atoms with Gasteiger partial charge < -0.3 is 10.1 Å². The van der Waals surface area contributed by atoms with E-state index in [4.69, 9.17) is 4.74 Å². The van der Waals surface area contributed by atoms with Gasteiger partial charge in [0.15, 0.2) is 0 Å². The van der Waals surface area contributed by atoms with Gasteiger partial charge in [0.25, 0.3) is 0 Å². The smallest absolute Gasteiger partial charge is 0.335 e. The second-order valence-electron chi connectivity index (χ2n) is 7.90. The van der Waals surface area contributed by atoms with E-state index in [-0.39, 0.29) is 16.8 Å². The van der Waals surface area contributed by atoms with Crippen LogP contribution in [0.4, 0.5) is 5.69 Å². The first-order valence-electron chi connectivity index (χ1n) is 9.19.